The number of aromatic nitrogens is 4. The van der Waals surface area contributed by atoms with Gasteiger partial charge in [0.25, 0.3) is 0 Å². The number of hydrogen-bond acceptors (Lipinski definition) is 7. The van der Waals surface area contributed by atoms with E-state index in [0.29, 0.717) is 36.4 Å². The molecule has 1 unspecified atom stereocenters. The van der Waals surface area contributed by atoms with Crippen molar-refractivity contribution < 1.29 is 9.32 Å². The van der Waals surface area contributed by atoms with Crippen LogP contribution in [0, 0.1) is 0 Å². The Morgan fingerprint density at radius 2 is 1.79 bits per heavy atom. The van der Waals surface area contributed by atoms with Crippen molar-refractivity contribution in [3.8, 4) is 11.6 Å². The molecule has 0 spiro atoms. The molecule has 0 aliphatic heterocycles. The summed E-state index contributed by atoms with van der Waals surface area (Å²) in [4.78, 5) is 24.4. The number of nitrogens with two attached hydrogens (primary N) is 1. The molecule has 3 N–H and O–H groups in total. The fraction of sp³-hybridized carbons (Fsp3) is 0.350. The third-order valence-electron chi connectivity index (χ3n) is 4.35. The Kier molecular flexibility index (Phi) is 6.44. The molecule has 0 saturated heterocycles. The third kappa shape index (κ3) is 5.20. The van der Waals surface area contributed by atoms with E-state index in [1.165, 1.54) is 5.56 Å². The standard InChI is InChI=1S/C20H24N6O2/c1-13(2)14-4-6-15(7-5-14)16(21)12-24-17(27)8-9-18-25-20(26-28-18)19-22-10-3-11-23-19/h3-7,10-11,13,16H,8-9,12,21H2,1-2H3,(H,24,27). The lowest BCUT2D eigenvalue weighted by molar-refractivity contribution is -0.121. The molecule has 3 rings (SSSR count). The number of nitrogens with one attached hydrogen (secondary N) is 1. The number of rotatable bonds is 8. The molecule has 0 fully saturated rings. The highest BCUT2D eigenvalue weighted by Gasteiger charge is 2.13. The lowest BCUT2D eigenvalue weighted by atomic mass is 9.99. The van der Waals surface area contributed by atoms with E-state index in [2.05, 4.69) is 51.4 Å². The average molecular weight is 380 g/mol. The fourth-order valence-corrected chi connectivity index (χ4v) is 2.64. The smallest absolute Gasteiger partial charge is 0.240 e. The molecular weight excluding hydrogens is 356 g/mol. The Bertz CT molecular complexity index is 893. The van der Waals surface area contributed by atoms with Gasteiger partial charge in [0.1, 0.15) is 0 Å². The predicted molar refractivity (Wildman–Crippen MR) is 104 cm³/mol. The van der Waals surface area contributed by atoms with Gasteiger partial charge in [-0.3, -0.25) is 4.79 Å². The van der Waals surface area contributed by atoms with Crippen LogP contribution in [-0.4, -0.2) is 32.6 Å². The summed E-state index contributed by atoms with van der Waals surface area (Å²) >= 11 is 0. The maximum Gasteiger partial charge on any atom is 0.240 e. The van der Waals surface area contributed by atoms with Crippen molar-refractivity contribution in [3.63, 3.8) is 0 Å². The lowest BCUT2D eigenvalue weighted by Crippen LogP contribution is -2.32. The van der Waals surface area contributed by atoms with E-state index in [1.807, 2.05) is 12.1 Å². The Labute approximate surface area is 163 Å². The van der Waals surface area contributed by atoms with Gasteiger partial charge in [0.15, 0.2) is 0 Å². The van der Waals surface area contributed by atoms with Gasteiger partial charge in [0.2, 0.25) is 23.4 Å². The summed E-state index contributed by atoms with van der Waals surface area (Å²) in [6, 6.07) is 9.63. The number of hydrogen-bond donors (Lipinski definition) is 2. The molecule has 1 atom stereocenters. The van der Waals surface area contributed by atoms with Gasteiger partial charge in [-0.15, -0.1) is 0 Å². The molecule has 3 aromatic rings. The third-order valence-corrected chi connectivity index (χ3v) is 4.35. The zero-order chi connectivity index (χ0) is 19.9. The van der Waals surface area contributed by atoms with Crippen molar-refractivity contribution in [2.75, 3.05) is 6.54 Å². The van der Waals surface area contributed by atoms with Gasteiger partial charge in [0, 0.05) is 37.8 Å². The maximum absolute atomic E-state index is 12.1. The average Bonchev–Trinajstić information content (AvgIpc) is 3.20. The van der Waals surface area contributed by atoms with E-state index < -0.39 is 0 Å². The van der Waals surface area contributed by atoms with Crippen LogP contribution in [0.1, 0.15) is 49.2 Å². The van der Waals surface area contributed by atoms with Crippen molar-refractivity contribution in [3.05, 3.63) is 59.7 Å². The number of benzene rings is 1. The van der Waals surface area contributed by atoms with Crippen molar-refractivity contribution >= 4 is 5.91 Å². The molecule has 0 aliphatic carbocycles. The van der Waals surface area contributed by atoms with Crippen LogP contribution in [0.3, 0.4) is 0 Å². The molecule has 2 heterocycles. The molecule has 28 heavy (non-hydrogen) atoms. The van der Waals surface area contributed by atoms with Crippen LogP contribution in [0.25, 0.3) is 11.6 Å². The number of aryl methyl sites for hydroxylation is 1. The number of nitrogens with zero attached hydrogens (tertiary/aromatic N) is 4. The summed E-state index contributed by atoms with van der Waals surface area (Å²) in [6.45, 7) is 4.66. The number of carbonyl (C=O) groups is 1. The first-order chi connectivity index (χ1) is 13.5. The van der Waals surface area contributed by atoms with Crippen LogP contribution in [0.15, 0.2) is 47.2 Å². The summed E-state index contributed by atoms with van der Waals surface area (Å²) in [5.74, 6) is 1.42. The maximum atomic E-state index is 12.1. The number of carbonyl (C=O) groups excluding carboxylic acids is 1. The topological polar surface area (TPSA) is 120 Å². The van der Waals surface area contributed by atoms with Gasteiger partial charge < -0.3 is 15.6 Å². The number of amides is 1. The van der Waals surface area contributed by atoms with Crippen LogP contribution < -0.4 is 11.1 Å². The van der Waals surface area contributed by atoms with Gasteiger partial charge >= 0.3 is 0 Å². The Morgan fingerprint density at radius 1 is 1.11 bits per heavy atom. The summed E-state index contributed by atoms with van der Waals surface area (Å²) in [5.41, 5.74) is 8.43. The minimum absolute atomic E-state index is 0.120. The SMILES string of the molecule is CC(C)c1ccc(C(N)CNC(=O)CCc2nc(-c3ncccn3)no2)cc1. The molecule has 8 nitrogen and oxygen atoms in total. The zero-order valence-corrected chi connectivity index (χ0v) is 16.0. The molecule has 8 heteroatoms. The monoisotopic (exact) mass is 380 g/mol. The molecule has 0 bridgehead atoms. The van der Waals surface area contributed by atoms with E-state index in [-0.39, 0.29) is 18.4 Å². The first-order valence-electron chi connectivity index (χ1n) is 9.25. The molecule has 1 amide bonds. The van der Waals surface area contributed by atoms with Crippen molar-refractivity contribution in [2.45, 2.75) is 38.6 Å². The second-order valence-electron chi connectivity index (χ2n) is 6.82. The van der Waals surface area contributed by atoms with Crippen LogP contribution in [0.2, 0.25) is 0 Å². The first-order valence-corrected chi connectivity index (χ1v) is 9.25. The summed E-state index contributed by atoms with van der Waals surface area (Å²) in [6.07, 6.45) is 3.77. The van der Waals surface area contributed by atoms with Gasteiger partial charge in [0.05, 0.1) is 0 Å². The van der Waals surface area contributed by atoms with E-state index in [4.69, 9.17) is 10.3 Å². The van der Waals surface area contributed by atoms with E-state index in [1.54, 1.807) is 18.5 Å². The van der Waals surface area contributed by atoms with Crippen molar-refractivity contribution in [1.82, 2.24) is 25.4 Å². The highest BCUT2D eigenvalue weighted by Crippen LogP contribution is 2.17. The minimum atomic E-state index is -0.254. The van der Waals surface area contributed by atoms with Crippen molar-refractivity contribution in [2.24, 2.45) is 5.73 Å². The normalized spacial score (nSPS) is 12.1. The Hall–Kier alpha value is -3.13. The van der Waals surface area contributed by atoms with E-state index in [9.17, 15) is 4.79 Å². The summed E-state index contributed by atoms with van der Waals surface area (Å²) in [7, 11) is 0. The van der Waals surface area contributed by atoms with Crippen LogP contribution in [0.5, 0.6) is 0 Å². The second-order valence-corrected chi connectivity index (χ2v) is 6.82. The van der Waals surface area contributed by atoms with Crippen LogP contribution in [-0.2, 0) is 11.2 Å². The molecule has 146 valence electrons. The largest absolute Gasteiger partial charge is 0.354 e. The molecule has 0 radical (unpaired) electrons. The summed E-state index contributed by atoms with van der Waals surface area (Å²) < 4.78 is 5.15. The zero-order valence-electron chi connectivity index (χ0n) is 16.0. The van der Waals surface area contributed by atoms with E-state index in [0.717, 1.165) is 5.56 Å². The van der Waals surface area contributed by atoms with E-state index >= 15 is 0 Å². The Morgan fingerprint density at radius 3 is 2.46 bits per heavy atom. The molecule has 2 aromatic heterocycles. The highest BCUT2D eigenvalue weighted by atomic mass is 16.5. The van der Waals surface area contributed by atoms with Gasteiger partial charge in [-0.1, -0.05) is 43.3 Å². The van der Waals surface area contributed by atoms with Gasteiger partial charge in [-0.25, -0.2) is 9.97 Å². The first kappa shape index (κ1) is 19.6. The summed E-state index contributed by atoms with van der Waals surface area (Å²) in [5, 5.41) is 6.68. The second kappa shape index (κ2) is 9.18. The van der Waals surface area contributed by atoms with Crippen LogP contribution >= 0.6 is 0 Å². The highest BCUT2D eigenvalue weighted by molar-refractivity contribution is 5.76. The lowest BCUT2D eigenvalue weighted by Gasteiger charge is -2.14. The van der Waals surface area contributed by atoms with Gasteiger partial charge in [-0.2, -0.15) is 4.98 Å². The molecule has 0 aliphatic rings. The molecule has 1 aromatic carbocycles. The minimum Gasteiger partial charge on any atom is -0.354 e. The molecule has 0 saturated carbocycles. The Balaban J connectivity index is 1.45. The fourth-order valence-electron chi connectivity index (χ4n) is 2.64. The quantitative estimate of drug-likeness (QED) is 0.615. The van der Waals surface area contributed by atoms with Gasteiger partial charge in [-0.05, 0) is 23.1 Å². The molecular formula is C20H24N6O2. The van der Waals surface area contributed by atoms with Crippen molar-refractivity contribution in [1.29, 1.82) is 0 Å². The van der Waals surface area contributed by atoms with Crippen LogP contribution in [0.4, 0.5) is 0 Å². The predicted octanol–water partition coefficient (Wildman–Crippen LogP) is 2.40.